The van der Waals surface area contributed by atoms with Crippen molar-refractivity contribution < 1.29 is 4.74 Å². The van der Waals surface area contributed by atoms with E-state index in [0.29, 0.717) is 30.7 Å². The molecule has 8 heteroatoms. The van der Waals surface area contributed by atoms with Gasteiger partial charge in [-0.2, -0.15) is 9.97 Å². The van der Waals surface area contributed by atoms with Crippen LogP contribution in [0.2, 0.25) is 0 Å². The number of hydrogen-bond acceptors (Lipinski definition) is 7. The highest BCUT2D eigenvalue weighted by molar-refractivity contribution is 5.79. The average Bonchev–Trinajstić information content (AvgIpc) is 3.01. The van der Waals surface area contributed by atoms with Crippen molar-refractivity contribution in [3.05, 3.63) is 60.7 Å². The van der Waals surface area contributed by atoms with E-state index in [1.165, 1.54) is 0 Å². The summed E-state index contributed by atoms with van der Waals surface area (Å²) in [5.41, 5.74) is 7.80. The average molecular weight is 375 g/mol. The van der Waals surface area contributed by atoms with Gasteiger partial charge in [-0.3, -0.25) is 0 Å². The summed E-state index contributed by atoms with van der Waals surface area (Å²) in [5.74, 6) is 2.87. The predicted molar refractivity (Wildman–Crippen MR) is 111 cm³/mol. The lowest BCUT2D eigenvalue weighted by molar-refractivity contribution is 0.333. The van der Waals surface area contributed by atoms with E-state index in [2.05, 4.69) is 25.6 Å². The molecule has 0 aliphatic rings. The third-order valence-corrected chi connectivity index (χ3v) is 4.19. The second-order valence-electron chi connectivity index (χ2n) is 6.19. The highest BCUT2D eigenvalue weighted by Crippen LogP contribution is 2.22. The lowest BCUT2D eigenvalue weighted by Gasteiger charge is -2.10. The maximum Gasteiger partial charge on any atom is 0.223 e. The summed E-state index contributed by atoms with van der Waals surface area (Å²) in [5, 5.41) is 6.41. The minimum Gasteiger partial charge on any atom is -0.492 e. The zero-order valence-electron chi connectivity index (χ0n) is 15.5. The van der Waals surface area contributed by atoms with Crippen LogP contribution < -0.4 is 21.1 Å². The zero-order chi connectivity index (χ0) is 19.3. The molecule has 0 fully saturated rings. The van der Waals surface area contributed by atoms with Crippen molar-refractivity contribution in [1.29, 1.82) is 0 Å². The minimum absolute atomic E-state index is 0.176. The first-order chi connectivity index (χ1) is 13.7. The van der Waals surface area contributed by atoms with Crippen LogP contribution in [0.5, 0.6) is 5.75 Å². The number of aromatic nitrogens is 4. The van der Waals surface area contributed by atoms with E-state index in [9.17, 15) is 0 Å². The Bertz CT molecular complexity index is 1080. The Morgan fingerprint density at radius 3 is 2.54 bits per heavy atom. The summed E-state index contributed by atoms with van der Waals surface area (Å²) in [4.78, 5) is 13.1. The number of hydrogen-bond donors (Lipinski definition) is 3. The molecule has 4 rings (SSSR count). The number of aryl methyl sites for hydroxylation is 1. The van der Waals surface area contributed by atoms with Gasteiger partial charge in [0.2, 0.25) is 11.9 Å². The molecule has 0 saturated carbocycles. The second kappa shape index (κ2) is 7.83. The molecule has 0 unspecified atom stereocenters. The summed E-state index contributed by atoms with van der Waals surface area (Å²) in [6.07, 6.45) is 0. The fourth-order valence-electron chi connectivity index (χ4n) is 2.86. The SMILES string of the molecule is Cn1c(Nc2cc(NCCOc3ccccc3)nc(N)n2)nc2ccccc21. The van der Waals surface area contributed by atoms with Crippen molar-refractivity contribution in [2.24, 2.45) is 7.05 Å². The fourth-order valence-corrected chi connectivity index (χ4v) is 2.86. The van der Waals surface area contributed by atoms with Crippen LogP contribution in [-0.2, 0) is 7.05 Å². The summed E-state index contributed by atoms with van der Waals surface area (Å²) in [6.45, 7) is 1.08. The lowest BCUT2D eigenvalue weighted by atomic mass is 10.3. The van der Waals surface area contributed by atoms with Crippen molar-refractivity contribution in [3.8, 4) is 5.75 Å². The van der Waals surface area contributed by atoms with Gasteiger partial charge in [0.15, 0.2) is 0 Å². The minimum atomic E-state index is 0.176. The number of nitrogens with two attached hydrogens (primary N) is 1. The van der Waals surface area contributed by atoms with E-state index in [1.807, 2.05) is 66.2 Å². The molecule has 0 bridgehead atoms. The third-order valence-electron chi connectivity index (χ3n) is 4.19. The van der Waals surface area contributed by atoms with E-state index < -0.39 is 0 Å². The fraction of sp³-hybridized carbons (Fsp3) is 0.150. The number of rotatable bonds is 7. The Balaban J connectivity index is 1.42. The standard InChI is InChI=1S/C20H21N7O/c1-27-16-10-6-5-9-15(16)23-20(27)26-18-13-17(24-19(21)25-18)22-11-12-28-14-7-3-2-4-8-14/h2-10,13H,11-12H2,1H3,(H4,21,22,23,24,25,26). The Morgan fingerprint density at radius 2 is 1.71 bits per heavy atom. The molecule has 0 aliphatic heterocycles. The molecule has 2 aromatic heterocycles. The van der Waals surface area contributed by atoms with Crippen LogP contribution in [0.1, 0.15) is 0 Å². The smallest absolute Gasteiger partial charge is 0.223 e. The van der Waals surface area contributed by atoms with Crippen molar-refractivity contribution in [2.75, 3.05) is 29.5 Å². The molecular formula is C20H21N7O. The van der Waals surface area contributed by atoms with Crippen molar-refractivity contribution in [3.63, 3.8) is 0 Å². The Kier molecular flexibility index (Phi) is 4.92. The van der Waals surface area contributed by atoms with Gasteiger partial charge in [0.25, 0.3) is 0 Å². The molecule has 28 heavy (non-hydrogen) atoms. The quantitative estimate of drug-likeness (QED) is 0.426. The molecule has 0 saturated heterocycles. The van der Waals surface area contributed by atoms with Gasteiger partial charge in [0.05, 0.1) is 17.6 Å². The second-order valence-corrected chi connectivity index (χ2v) is 6.19. The van der Waals surface area contributed by atoms with Gasteiger partial charge in [-0.05, 0) is 24.3 Å². The molecule has 0 aliphatic carbocycles. The van der Waals surface area contributed by atoms with Crippen molar-refractivity contribution in [1.82, 2.24) is 19.5 Å². The molecule has 0 atom stereocenters. The number of anilines is 4. The third kappa shape index (κ3) is 3.96. The van der Waals surface area contributed by atoms with Crippen LogP contribution in [0.3, 0.4) is 0 Å². The first-order valence-corrected chi connectivity index (χ1v) is 8.94. The van der Waals surface area contributed by atoms with Gasteiger partial charge in [-0.1, -0.05) is 30.3 Å². The number of imidazole rings is 1. The van der Waals surface area contributed by atoms with Crippen LogP contribution in [-0.4, -0.2) is 32.7 Å². The van der Waals surface area contributed by atoms with Crippen LogP contribution >= 0.6 is 0 Å². The number of benzene rings is 2. The van der Waals surface area contributed by atoms with E-state index in [1.54, 1.807) is 6.07 Å². The topological polar surface area (TPSA) is 103 Å². The maximum absolute atomic E-state index is 5.86. The first-order valence-electron chi connectivity index (χ1n) is 8.94. The summed E-state index contributed by atoms with van der Waals surface area (Å²) in [6, 6.07) is 19.4. The first kappa shape index (κ1) is 17.6. The molecule has 0 amide bonds. The molecule has 0 radical (unpaired) electrons. The van der Waals surface area contributed by atoms with Crippen LogP contribution in [0, 0.1) is 0 Å². The molecule has 8 nitrogen and oxygen atoms in total. The number of nitrogen functional groups attached to an aromatic ring is 1. The van der Waals surface area contributed by atoms with Gasteiger partial charge in [-0.15, -0.1) is 0 Å². The highest BCUT2D eigenvalue weighted by atomic mass is 16.5. The van der Waals surface area contributed by atoms with Gasteiger partial charge >= 0.3 is 0 Å². The summed E-state index contributed by atoms with van der Waals surface area (Å²) >= 11 is 0. The number of para-hydroxylation sites is 3. The summed E-state index contributed by atoms with van der Waals surface area (Å²) < 4.78 is 7.63. The van der Waals surface area contributed by atoms with Crippen LogP contribution in [0.4, 0.5) is 23.5 Å². The summed E-state index contributed by atoms with van der Waals surface area (Å²) in [7, 11) is 1.95. The van der Waals surface area contributed by atoms with E-state index >= 15 is 0 Å². The molecule has 4 aromatic rings. The number of nitrogens with one attached hydrogen (secondary N) is 2. The normalized spacial score (nSPS) is 10.8. The number of ether oxygens (including phenoxy) is 1. The van der Waals surface area contributed by atoms with Crippen LogP contribution in [0.25, 0.3) is 11.0 Å². The largest absolute Gasteiger partial charge is 0.492 e. The Hall–Kier alpha value is -3.81. The molecule has 0 spiro atoms. The molecular weight excluding hydrogens is 354 g/mol. The van der Waals surface area contributed by atoms with E-state index in [4.69, 9.17) is 10.5 Å². The zero-order valence-corrected chi connectivity index (χ0v) is 15.5. The predicted octanol–water partition coefficient (Wildman–Crippen LogP) is 3.18. The molecule has 142 valence electrons. The Labute approximate surface area is 162 Å². The number of fused-ring (bicyclic) bond motifs is 1. The maximum atomic E-state index is 5.86. The monoisotopic (exact) mass is 375 g/mol. The van der Waals surface area contributed by atoms with E-state index in [0.717, 1.165) is 16.8 Å². The van der Waals surface area contributed by atoms with Gasteiger partial charge in [0, 0.05) is 13.1 Å². The van der Waals surface area contributed by atoms with Crippen molar-refractivity contribution >= 4 is 34.6 Å². The highest BCUT2D eigenvalue weighted by Gasteiger charge is 2.09. The van der Waals surface area contributed by atoms with Gasteiger partial charge in [0.1, 0.15) is 24.0 Å². The van der Waals surface area contributed by atoms with E-state index in [-0.39, 0.29) is 5.95 Å². The van der Waals surface area contributed by atoms with Gasteiger partial charge < -0.3 is 25.7 Å². The molecule has 2 aromatic carbocycles. The lowest BCUT2D eigenvalue weighted by Crippen LogP contribution is -2.13. The van der Waals surface area contributed by atoms with Crippen LogP contribution in [0.15, 0.2) is 60.7 Å². The molecule has 2 heterocycles. The van der Waals surface area contributed by atoms with Gasteiger partial charge in [-0.25, -0.2) is 4.98 Å². The molecule has 4 N–H and O–H groups in total. The Morgan fingerprint density at radius 1 is 0.964 bits per heavy atom. The number of nitrogens with zero attached hydrogens (tertiary/aromatic N) is 4. The van der Waals surface area contributed by atoms with Crippen molar-refractivity contribution in [2.45, 2.75) is 0 Å².